The molecule has 9 heteroatoms. The average molecular weight is 487 g/mol. The van der Waals surface area contributed by atoms with Gasteiger partial charge < -0.3 is 20.1 Å². The largest absolute Gasteiger partial charge is 0.495 e. The standard InChI is InChI=1S/C24H24Cl2N4O3/c1-4-20(31)28-16-6-5-7-17(16)30-24-27-12-14-10-13(8-9-15(14)29-24)21-22(25)18(32-2)11-19(33-3)23(21)26/h4,8-12,16-17H,1,5-7H2,2-3H3,(H,28,31)(H,27,29,30). The van der Waals surface area contributed by atoms with Crippen LogP contribution in [0.3, 0.4) is 0 Å². The Balaban J connectivity index is 1.63. The average Bonchev–Trinajstić information content (AvgIpc) is 3.25. The van der Waals surface area contributed by atoms with Crippen molar-refractivity contribution in [2.75, 3.05) is 19.5 Å². The number of anilines is 1. The molecular weight excluding hydrogens is 463 g/mol. The van der Waals surface area contributed by atoms with Gasteiger partial charge in [0.05, 0.1) is 29.8 Å². The molecule has 1 heterocycles. The molecule has 172 valence electrons. The second-order valence-electron chi connectivity index (χ2n) is 7.75. The highest BCUT2D eigenvalue weighted by Crippen LogP contribution is 2.46. The quantitative estimate of drug-likeness (QED) is 0.443. The summed E-state index contributed by atoms with van der Waals surface area (Å²) >= 11 is 13.1. The maximum atomic E-state index is 11.7. The van der Waals surface area contributed by atoms with Crippen LogP contribution in [0, 0.1) is 0 Å². The molecule has 0 spiro atoms. The first-order valence-corrected chi connectivity index (χ1v) is 11.3. The number of benzene rings is 2. The molecule has 7 nitrogen and oxygen atoms in total. The highest BCUT2D eigenvalue weighted by Gasteiger charge is 2.28. The van der Waals surface area contributed by atoms with E-state index in [-0.39, 0.29) is 18.0 Å². The Morgan fingerprint density at radius 2 is 1.82 bits per heavy atom. The molecule has 1 aromatic heterocycles. The van der Waals surface area contributed by atoms with Crippen LogP contribution >= 0.6 is 23.2 Å². The lowest BCUT2D eigenvalue weighted by atomic mass is 10.0. The van der Waals surface area contributed by atoms with Crippen molar-refractivity contribution in [3.63, 3.8) is 0 Å². The van der Waals surface area contributed by atoms with E-state index in [1.165, 1.54) is 6.08 Å². The Morgan fingerprint density at radius 3 is 2.48 bits per heavy atom. The zero-order valence-corrected chi connectivity index (χ0v) is 19.8. The second-order valence-corrected chi connectivity index (χ2v) is 8.51. The smallest absolute Gasteiger partial charge is 0.243 e. The van der Waals surface area contributed by atoms with E-state index in [1.807, 2.05) is 18.2 Å². The van der Waals surface area contributed by atoms with E-state index < -0.39 is 0 Å². The molecule has 1 saturated carbocycles. The van der Waals surface area contributed by atoms with E-state index in [2.05, 4.69) is 27.2 Å². The third-order valence-electron chi connectivity index (χ3n) is 5.79. The van der Waals surface area contributed by atoms with Crippen LogP contribution in [0.5, 0.6) is 11.5 Å². The van der Waals surface area contributed by atoms with Crippen LogP contribution in [0.25, 0.3) is 22.0 Å². The van der Waals surface area contributed by atoms with Gasteiger partial charge in [0.2, 0.25) is 11.9 Å². The number of nitrogens with zero attached hydrogens (tertiary/aromatic N) is 2. The highest BCUT2D eigenvalue weighted by atomic mass is 35.5. The van der Waals surface area contributed by atoms with E-state index in [0.717, 1.165) is 35.7 Å². The van der Waals surface area contributed by atoms with Crippen LogP contribution in [0.1, 0.15) is 19.3 Å². The van der Waals surface area contributed by atoms with Gasteiger partial charge in [-0.05, 0) is 43.0 Å². The summed E-state index contributed by atoms with van der Waals surface area (Å²) in [5.41, 5.74) is 2.18. The molecule has 0 aliphatic heterocycles. The predicted molar refractivity (Wildman–Crippen MR) is 131 cm³/mol. The fraction of sp³-hybridized carbons (Fsp3) is 0.292. The van der Waals surface area contributed by atoms with Crippen LogP contribution in [-0.4, -0.2) is 42.2 Å². The van der Waals surface area contributed by atoms with Gasteiger partial charge in [0.1, 0.15) is 11.5 Å². The summed E-state index contributed by atoms with van der Waals surface area (Å²) in [5, 5.41) is 7.96. The first kappa shape index (κ1) is 23.1. The third-order valence-corrected chi connectivity index (χ3v) is 6.54. The van der Waals surface area contributed by atoms with E-state index in [1.54, 1.807) is 26.5 Å². The number of hydrogen-bond donors (Lipinski definition) is 2. The Labute approximate surface area is 202 Å². The fourth-order valence-corrected chi connectivity index (χ4v) is 4.83. The van der Waals surface area contributed by atoms with Crippen molar-refractivity contribution < 1.29 is 14.3 Å². The molecular formula is C24H24Cl2N4O3. The molecule has 4 rings (SSSR count). The second kappa shape index (κ2) is 9.85. The van der Waals surface area contributed by atoms with E-state index in [0.29, 0.717) is 33.1 Å². The molecule has 2 unspecified atom stereocenters. The van der Waals surface area contributed by atoms with Gasteiger partial charge in [-0.1, -0.05) is 35.8 Å². The Hall–Kier alpha value is -3.03. The first-order valence-electron chi connectivity index (χ1n) is 10.5. The van der Waals surface area contributed by atoms with E-state index in [4.69, 9.17) is 32.7 Å². The van der Waals surface area contributed by atoms with Gasteiger partial charge in [-0.2, -0.15) is 0 Å². The van der Waals surface area contributed by atoms with Crippen LogP contribution in [0.15, 0.2) is 43.1 Å². The van der Waals surface area contributed by atoms with Gasteiger partial charge in [-0.25, -0.2) is 9.97 Å². The Morgan fingerprint density at radius 1 is 1.12 bits per heavy atom. The van der Waals surface area contributed by atoms with E-state index in [9.17, 15) is 4.79 Å². The molecule has 3 aromatic rings. The Kier molecular flexibility index (Phi) is 6.91. The number of nitrogens with one attached hydrogen (secondary N) is 2. The molecule has 33 heavy (non-hydrogen) atoms. The monoisotopic (exact) mass is 486 g/mol. The van der Waals surface area contributed by atoms with Gasteiger partial charge in [0, 0.05) is 35.3 Å². The van der Waals surface area contributed by atoms with Crippen molar-refractivity contribution in [2.24, 2.45) is 0 Å². The number of carbonyl (C=O) groups excluding carboxylic acids is 1. The van der Waals surface area contributed by atoms with Crippen molar-refractivity contribution in [3.8, 4) is 22.6 Å². The molecule has 2 atom stereocenters. The number of amides is 1. The molecule has 0 saturated heterocycles. The van der Waals surface area contributed by atoms with Crippen LogP contribution < -0.4 is 20.1 Å². The molecule has 1 amide bonds. The summed E-state index contributed by atoms with van der Waals surface area (Å²) in [4.78, 5) is 20.8. The molecule has 0 radical (unpaired) electrons. The van der Waals surface area contributed by atoms with Crippen molar-refractivity contribution >= 4 is 46.0 Å². The van der Waals surface area contributed by atoms with Crippen molar-refractivity contribution in [1.29, 1.82) is 0 Å². The van der Waals surface area contributed by atoms with Crippen LogP contribution in [0.2, 0.25) is 10.0 Å². The molecule has 2 aromatic carbocycles. The molecule has 1 fully saturated rings. The summed E-state index contributed by atoms with van der Waals surface area (Å²) in [6, 6.07) is 7.45. The van der Waals surface area contributed by atoms with Gasteiger partial charge in [-0.15, -0.1) is 0 Å². The van der Waals surface area contributed by atoms with Crippen molar-refractivity contribution in [2.45, 2.75) is 31.3 Å². The van der Waals surface area contributed by atoms with Crippen LogP contribution in [0.4, 0.5) is 5.95 Å². The van der Waals surface area contributed by atoms with Gasteiger partial charge in [0.15, 0.2) is 0 Å². The minimum atomic E-state index is -0.174. The third kappa shape index (κ3) is 4.70. The van der Waals surface area contributed by atoms with Crippen molar-refractivity contribution in [3.05, 3.63) is 53.2 Å². The first-order chi connectivity index (χ1) is 15.9. The zero-order chi connectivity index (χ0) is 23.5. The van der Waals surface area contributed by atoms with Crippen molar-refractivity contribution in [1.82, 2.24) is 15.3 Å². The highest BCUT2D eigenvalue weighted by molar-refractivity contribution is 6.41. The predicted octanol–water partition coefficient (Wildman–Crippen LogP) is 5.26. The maximum Gasteiger partial charge on any atom is 0.243 e. The van der Waals surface area contributed by atoms with E-state index >= 15 is 0 Å². The molecule has 0 bridgehead atoms. The summed E-state index contributed by atoms with van der Waals surface area (Å²) in [6.07, 6.45) is 5.88. The number of fused-ring (bicyclic) bond motifs is 1. The van der Waals surface area contributed by atoms with Gasteiger partial charge in [0.25, 0.3) is 0 Å². The summed E-state index contributed by atoms with van der Waals surface area (Å²) < 4.78 is 10.8. The lowest BCUT2D eigenvalue weighted by Gasteiger charge is -2.21. The number of aromatic nitrogens is 2. The summed E-state index contributed by atoms with van der Waals surface area (Å²) in [6.45, 7) is 3.52. The lowest BCUT2D eigenvalue weighted by molar-refractivity contribution is -0.117. The molecule has 1 aliphatic carbocycles. The summed E-state index contributed by atoms with van der Waals surface area (Å²) in [5.74, 6) is 1.28. The number of rotatable bonds is 7. The molecule has 2 N–H and O–H groups in total. The zero-order valence-electron chi connectivity index (χ0n) is 18.3. The molecule has 1 aliphatic rings. The SMILES string of the molecule is C=CC(=O)NC1CCCC1Nc1ncc2cc(-c3c(Cl)c(OC)cc(OC)c3Cl)ccc2n1. The number of methoxy groups -OCH3 is 2. The number of carbonyl (C=O) groups is 1. The maximum absolute atomic E-state index is 11.7. The fourth-order valence-electron chi connectivity index (χ4n) is 4.11. The topological polar surface area (TPSA) is 85.4 Å². The van der Waals surface area contributed by atoms with Gasteiger partial charge >= 0.3 is 0 Å². The normalized spacial score (nSPS) is 17.6. The number of halogens is 2. The van der Waals surface area contributed by atoms with Gasteiger partial charge in [-0.3, -0.25) is 4.79 Å². The number of ether oxygens (including phenoxy) is 2. The summed E-state index contributed by atoms with van der Waals surface area (Å²) in [7, 11) is 3.08. The van der Waals surface area contributed by atoms with Crippen LogP contribution in [-0.2, 0) is 4.79 Å². The lowest BCUT2D eigenvalue weighted by Crippen LogP contribution is -2.42. The minimum absolute atomic E-state index is 0.0181. The Bertz CT molecular complexity index is 1190. The minimum Gasteiger partial charge on any atom is -0.495 e. The number of hydrogen-bond acceptors (Lipinski definition) is 6.